The van der Waals surface area contributed by atoms with Gasteiger partial charge in [0.15, 0.2) is 0 Å². The molecule has 2 amide bonds. The molecule has 2 N–H and O–H groups in total. The van der Waals surface area contributed by atoms with Crippen LogP contribution in [0.15, 0.2) is 4.40 Å². The normalized spacial score (nSPS) is 14.0. The summed E-state index contributed by atoms with van der Waals surface area (Å²) in [6, 6.07) is -1.37. The monoisotopic (exact) mass is 413 g/mol. The van der Waals surface area contributed by atoms with E-state index in [0.29, 0.717) is 12.8 Å². The molecule has 0 heterocycles. The fourth-order valence-corrected chi connectivity index (χ4v) is 3.16. The topological polar surface area (TPSA) is 148 Å². The Hall–Kier alpha value is -1.69. The van der Waals surface area contributed by atoms with E-state index >= 15 is 0 Å². The minimum absolute atomic E-state index is 0.139. The third-order valence-corrected chi connectivity index (χ3v) is 4.47. The molecule has 1 atom stereocenters. The van der Waals surface area contributed by atoms with Crippen molar-refractivity contribution in [3.05, 3.63) is 0 Å². The van der Waals surface area contributed by atoms with Gasteiger partial charge in [-0.15, -0.1) is 0 Å². The number of sulfonamides is 2. The zero-order chi connectivity index (χ0) is 20.6. The molecule has 0 saturated heterocycles. The molecule has 0 unspecified atom stereocenters. The van der Waals surface area contributed by atoms with E-state index in [9.17, 15) is 26.4 Å². The Morgan fingerprint density at radius 3 is 2.23 bits per heavy atom. The second kappa shape index (κ2) is 9.86. The molecule has 0 aromatic rings. The van der Waals surface area contributed by atoms with E-state index in [0.717, 1.165) is 12.5 Å². The number of nitrogens with zero attached hydrogens (tertiary/aromatic N) is 1. The van der Waals surface area contributed by atoms with E-state index in [1.165, 1.54) is 0 Å². The number of carbonyl (C=O) groups is 2. The lowest BCUT2D eigenvalue weighted by Gasteiger charge is -2.22. The molecule has 26 heavy (non-hydrogen) atoms. The molecule has 0 spiro atoms. The van der Waals surface area contributed by atoms with Crippen molar-refractivity contribution in [2.75, 3.05) is 12.0 Å². The Morgan fingerprint density at radius 2 is 1.77 bits per heavy atom. The van der Waals surface area contributed by atoms with Crippen molar-refractivity contribution in [2.45, 2.75) is 58.6 Å². The number of hydrogen-bond donors (Lipinski definition) is 2. The molecular formula is C14H27N3O7S2. The van der Waals surface area contributed by atoms with Gasteiger partial charge in [0.05, 0.1) is 12.0 Å². The predicted octanol–water partition coefficient (Wildman–Crippen LogP) is 0.546. The molecule has 0 aromatic carbocycles. The van der Waals surface area contributed by atoms with Crippen LogP contribution in [0.1, 0.15) is 47.0 Å². The summed E-state index contributed by atoms with van der Waals surface area (Å²) in [6.07, 6.45) is 1.57. The maximum atomic E-state index is 12.0. The Bertz CT molecular complexity index is 722. The van der Waals surface area contributed by atoms with E-state index < -0.39 is 43.7 Å². The van der Waals surface area contributed by atoms with Gasteiger partial charge in [-0.3, -0.25) is 9.52 Å². The van der Waals surface area contributed by atoms with Gasteiger partial charge in [-0.05, 0) is 27.2 Å². The van der Waals surface area contributed by atoms with E-state index in [2.05, 4.69) is 9.71 Å². The average molecular weight is 414 g/mol. The molecule has 0 saturated carbocycles. The van der Waals surface area contributed by atoms with E-state index in [1.54, 1.807) is 25.5 Å². The number of alkyl carbamates (subject to hydrolysis) is 1. The van der Waals surface area contributed by atoms with Crippen LogP contribution >= 0.6 is 0 Å². The summed E-state index contributed by atoms with van der Waals surface area (Å²) in [5.41, 5.74) is -0.834. The van der Waals surface area contributed by atoms with Crippen LogP contribution in [0.2, 0.25) is 0 Å². The largest absolute Gasteiger partial charge is 0.444 e. The lowest BCUT2D eigenvalue weighted by molar-refractivity contribution is -0.121. The van der Waals surface area contributed by atoms with Gasteiger partial charge >= 0.3 is 6.09 Å². The van der Waals surface area contributed by atoms with Crippen molar-refractivity contribution in [1.29, 1.82) is 0 Å². The van der Waals surface area contributed by atoms with Gasteiger partial charge in [0.25, 0.3) is 15.9 Å². The van der Waals surface area contributed by atoms with Crippen LogP contribution in [-0.4, -0.2) is 58.7 Å². The number of carbonyl (C=O) groups excluding carboxylic acids is 2. The van der Waals surface area contributed by atoms with E-state index in [1.807, 2.05) is 6.92 Å². The maximum absolute atomic E-state index is 12.0. The van der Waals surface area contributed by atoms with Crippen LogP contribution < -0.4 is 10.0 Å². The highest BCUT2D eigenvalue weighted by Crippen LogP contribution is 2.07. The van der Waals surface area contributed by atoms with E-state index in [4.69, 9.17) is 4.74 Å². The Labute approximate surface area is 154 Å². The summed E-state index contributed by atoms with van der Waals surface area (Å²) >= 11 is 0. The SMILES string of the molecule is CCCCS(=O)(=O)N=CC[C@H](NC(=O)OC(C)(C)C)C(=O)NS(C)(=O)=O. The highest BCUT2D eigenvalue weighted by atomic mass is 32.2. The number of nitrogens with one attached hydrogen (secondary N) is 2. The van der Waals surface area contributed by atoms with Crippen LogP contribution in [-0.2, 0) is 29.6 Å². The van der Waals surface area contributed by atoms with Crippen LogP contribution in [0.25, 0.3) is 0 Å². The van der Waals surface area contributed by atoms with Gasteiger partial charge in [0.2, 0.25) is 10.0 Å². The van der Waals surface area contributed by atoms with Gasteiger partial charge in [-0.1, -0.05) is 13.3 Å². The molecule has 0 aliphatic heterocycles. The Balaban J connectivity index is 5.15. The van der Waals surface area contributed by atoms with Crippen LogP contribution in [0, 0.1) is 0 Å². The Kier molecular flexibility index (Phi) is 9.22. The first-order chi connectivity index (χ1) is 11.7. The third kappa shape index (κ3) is 12.6. The molecule has 0 rings (SSSR count). The molecule has 0 radical (unpaired) electrons. The molecular weight excluding hydrogens is 386 g/mol. The zero-order valence-electron chi connectivity index (χ0n) is 15.6. The summed E-state index contributed by atoms with van der Waals surface area (Å²) in [5.74, 6) is -1.17. The number of hydrogen-bond acceptors (Lipinski definition) is 7. The standard InChI is InChI=1S/C14H27N3O7S2/c1-6-7-10-26(22,23)15-9-8-11(12(18)17-25(5,20)21)16-13(19)24-14(2,3)4/h9,11H,6-8,10H2,1-5H3,(H,16,19)(H,17,18)/t11-/m0/s1. The van der Waals surface area contributed by atoms with Crippen LogP contribution in [0.5, 0.6) is 0 Å². The van der Waals surface area contributed by atoms with Gasteiger partial charge < -0.3 is 10.1 Å². The second-order valence-corrected chi connectivity index (χ2v) is 10.1. The van der Waals surface area contributed by atoms with Crippen LogP contribution in [0.3, 0.4) is 0 Å². The first kappa shape index (κ1) is 24.3. The maximum Gasteiger partial charge on any atom is 0.408 e. The average Bonchev–Trinajstić information content (AvgIpc) is 2.40. The minimum Gasteiger partial charge on any atom is -0.444 e. The molecule has 10 nitrogen and oxygen atoms in total. The van der Waals surface area contributed by atoms with Crippen molar-refractivity contribution < 1.29 is 31.2 Å². The minimum atomic E-state index is -3.86. The number of ether oxygens (including phenoxy) is 1. The van der Waals surface area contributed by atoms with Crippen molar-refractivity contribution in [3.8, 4) is 0 Å². The summed E-state index contributed by atoms with van der Waals surface area (Å²) < 4.78 is 55.9. The molecule has 0 bridgehead atoms. The highest BCUT2D eigenvalue weighted by Gasteiger charge is 2.25. The zero-order valence-corrected chi connectivity index (χ0v) is 17.2. The lowest BCUT2D eigenvalue weighted by atomic mass is 10.2. The van der Waals surface area contributed by atoms with Gasteiger partial charge in [-0.2, -0.15) is 4.40 Å². The van der Waals surface area contributed by atoms with Gasteiger partial charge in [0, 0.05) is 12.6 Å². The number of amides is 2. The Morgan fingerprint density at radius 1 is 1.19 bits per heavy atom. The lowest BCUT2D eigenvalue weighted by Crippen LogP contribution is -2.49. The molecule has 12 heteroatoms. The fraction of sp³-hybridized carbons (Fsp3) is 0.786. The van der Waals surface area contributed by atoms with Crippen molar-refractivity contribution in [1.82, 2.24) is 10.0 Å². The van der Waals surface area contributed by atoms with Gasteiger partial charge in [-0.25, -0.2) is 21.6 Å². The smallest absolute Gasteiger partial charge is 0.408 e. The number of rotatable bonds is 9. The van der Waals surface area contributed by atoms with Crippen LogP contribution in [0.4, 0.5) is 4.79 Å². The summed E-state index contributed by atoms with van der Waals surface area (Å²) in [4.78, 5) is 23.8. The molecule has 0 aliphatic rings. The van der Waals surface area contributed by atoms with E-state index in [-0.39, 0.29) is 12.2 Å². The highest BCUT2D eigenvalue weighted by molar-refractivity contribution is 7.90. The van der Waals surface area contributed by atoms with Crippen molar-refractivity contribution in [3.63, 3.8) is 0 Å². The first-order valence-corrected chi connectivity index (χ1v) is 11.4. The second-order valence-electron chi connectivity index (χ2n) is 6.60. The third-order valence-electron chi connectivity index (χ3n) is 2.63. The fourth-order valence-electron chi connectivity index (χ4n) is 1.58. The molecule has 0 aliphatic carbocycles. The van der Waals surface area contributed by atoms with Crippen molar-refractivity contribution in [2.24, 2.45) is 4.40 Å². The first-order valence-electron chi connectivity index (χ1n) is 7.93. The molecule has 152 valence electrons. The molecule has 0 fully saturated rings. The quantitative estimate of drug-likeness (QED) is 0.524. The summed E-state index contributed by atoms with van der Waals surface area (Å²) in [7, 11) is -7.54. The van der Waals surface area contributed by atoms with Gasteiger partial charge in [0.1, 0.15) is 11.6 Å². The predicted molar refractivity (Wildman–Crippen MR) is 97.9 cm³/mol. The van der Waals surface area contributed by atoms with Crippen molar-refractivity contribution >= 4 is 38.3 Å². The molecule has 0 aromatic heterocycles. The summed E-state index contributed by atoms with van der Waals surface area (Å²) in [5, 5.41) is 2.20. The summed E-state index contributed by atoms with van der Waals surface area (Å²) in [6.45, 7) is 6.66. The number of unbranched alkanes of at least 4 members (excludes halogenated alkanes) is 1.